The Morgan fingerprint density at radius 1 is 1.27 bits per heavy atom. The van der Waals surface area contributed by atoms with Crippen molar-refractivity contribution in [2.24, 2.45) is 0 Å². The number of esters is 1. The molecule has 0 N–H and O–H groups in total. The van der Waals surface area contributed by atoms with E-state index < -0.39 is 0 Å². The van der Waals surface area contributed by atoms with Crippen LogP contribution < -0.4 is 0 Å². The van der Waals surface area contributed by atoms with Crippen molar-refractivity contribution in [2.75, 3.05) is 5.52 Å². The van der Waals surface area contributed by atoms with Gasteiger partial charge in [-0.15, -0.1) is 0 Å². The topological polar surface area (TPSA) is 52.1 Å². The molecule has 76 valence electrons. The number of ether oxygens (including phenoxy) is 1. The number of carbonyl (C=O) groups is 1. The maximum Gasteiger partial charge on any atom is 0.339 e. The number of hydrogen-bond acceptors (Lipinski definition) is 4. The predicted molar refractivity (Wildman–Crippen MR) is 58.7 cm³/mol. The van der Waals surface area contributed by atoms with Crippen LogP contribution in [0.2, 0.25) is 0 Å². The maximum atomic E-state index is 11.4. The standard InChI is InChI=1S/C10H7BrN2O2/c11-6-15-10(14)7-1-2-8-9(5-7)13-4-3-12-8/h1-5H,6H2. The Hall–Kier alpha value is -1.49. The van der Waals surface area contributed by atoms with E-state index in [1.165, 1.54) is 0 Å². The number of halogens is 1. The molecule has 2 rings (SSSR count). The minimum atomic E-state index is -0.376. The van der Waals surface area contributed by atoms with Gasteiger partial charge in [0.25, 0.3) is 0 Å². The molecule has 0 saturated carbocycles. The monoisotopic (exact) mass is 266 g/mol. The Kier molecular flexibility index (Phi) is 2.91. The first kappa shape index (κ1) is 10.0. The number of hydrogen-bond donors (Lipinski definition) is 0. The minimum Gasteiger partial charge on any atom is -0.450 e. The van der Waals surface area contributed by atoms with Crippen LogP contribution in [-0.4, -0.2) is 21.5 Å². The average Bonchev–Trinajstić information content (AvgIpc) is 2.29. The molecule has 2 aromatic rings. The van der Waals surface area contributed by atoms with E-state index in [9.17, 15) is 4.79 Å². The minimum absolute atomic E-state index is 0.185. The third kappa shape index (κ3) is 2.12. The molecule has 1 aromatic heterocycles. The number of rotatable bonds is 2. The van der Waals surface area contributed by atoms with E-state index in [0.717, 1.165) is 5.52 Å². The van der Waals surface area contributed by atoms with Gasteiger partial charge in [-0.1, -0.05) is 0 Å². The third-order valence-corrected chi connectivity index (χ3v) is 2.12. The molecule has 0 spiro atoms. The first-order valence-electron chi connectivity index (χ1n) is 4.25. The second-order valence-electron chi connectivity index (χ2n) is 2.80. The van der Waals surface area contributed by atoms with Crippen LogP contribution in [0, 0.1) is 0 Å². The van der Waals surface area contributed by atoms with E-state index in [0.29, 0.717) is 11.1 Å². The Morgan fingerprint density at radius 2 is 2.00 bits per heavy atom. The molecule has 0 amide bonds. The Labute approximate surface area is 94.4 Å². The van der Waals surface area contributed by atoms with Crippen molar-refractivity contribution in [2.45, 2.75) is 0 Å². The number of benzene rings is 1. The lowest BCUT2D eigenvalue weighted by Gasteiger charge is -2.01. The molecular formula is C10H7BrN2O2. The summed E-state index contributed by atoms with van der Waals surface area (Å²) in [5, 5.41) is 0. The van der Waals surface area contributed by atoms with Gasteiger partial charge in [-0.25, -0.2) is 4.79 Å². The largest absolute Gasteiger partial charge is 0.450 e. The lowest BCUT2D eigenvalue weighted by Crippen LogP contribution is -2.03. The summed E-state index contributed by atoms with van der Waals surface area (Å²) in [5.41, 5.74) is 2.10. The second-order valence-corrected chi connectivity index (χ2v) is 3.26. The van der Waals surface area contributed by atoms with Gasteiger partial charge in [0.05, 0.1) is 16.6 Å². The molecule has 0 aliphatic heterocycles. The van der Waals surface area contributed by atoms with Crippen molar-refractivity contribution >= 4 is 32.9 Å². The summed E-state index contributed by atoms with van der Waals surface area (Å²) >= 11 is 3.03. The molecule has 1 heterocycles. The highest BCUT2D eigenvalue weighted by atomic mass is 79.9. The summed E-state index contributed by atoms with van der Waals surface area (Å²) in [7, 11) is 0. The molecule has 4 nitrogen and oxygen atoms in total. The first-order valence-corrected chi connectivity index (χ1v) is 5.37. The Morgan fingerprint density at radius 3 is 2.73 bits per heavy atom. The molecular weight excluding hydrogens is 260 g/mol. The van der Waals surface area contributed by atoms with E-state index in [1.54, 1.807) is 30.6 Å². The van der Waals surface area contributed by atoms with Crippen LogP contribution in [0.5, 0.6) is 0 Å². The molecule has 0 bridgehead atoms. The van der Waals surface area contributed by atoms with Crippen LogP contribution in [0.15, 0.2) is 30.6 Å². The molecule has 0 unspecified atom stereocenters. The van der Waals surface area contributed by atoms with Crippen molar-refractivity contribution in [3.05, 3.63) is 36.2 Å². The fourth-order valence-electron chi connectivity index (χ4n) is 1.22. The predicted octanol–water partition coefficient (Wildman–Crippen LogP) is 2.14. The SMILES string of the molecule is O=C(OCBr)c1ccc2nccnc2c1. The van der Waals surface area contributed by atoms with E-state index in [2.05, 4.69) is 25.9 Å². The van der Waals surface area contributed by atoms with Crippen LogP contribution in [0.4, 0.5) is 0 Å². The van der Waals surface area contributed by atoms with Crippen molar-refractivity contribution in [3.8, 4) is 0 Å². The van der Waals surface area contributed by atoms with Gasteiger partial charge in [-0.3, -0.25) is 9.97 Å². The Bertz CT molecular complexity index is 502. The third-order valence-electron chi connectivity index (χ3n) is 1.89. The van der Waals surface area contributed by atoms with Crippen LogP contribution in [-0.2, 0) is 4.74 Å². The number of alkyl halides is 1. The van der Waals surface area contributed by atoms with E-state index in [4.69, 9.17) is 4.74 Å². The van der Waals surface area contributed by atoms with Crippen LogP contribution in [0.1, 0.15) is 10.4 Å². The molecule has 0 aliphatic carbocycles. The van der Waals surface area contributed by atoms with Crippen molar-refractivity contribution in [3.63, 3.8) is 0 Å². The van der Waals surface area contributed by atoms with Gasteiger partial charge in [-0.05, 0) is 34.1 Å². The fourth-order valence-corrected chi connectivity index (χ4v) is 1.43. The number of nitrogens with zero attached hydrogens (tertiary/aromatic N) is 2. The number of fused-ring (bicyclic) bond motifs is 1. The molecule has 5 heteroatoms. The summed E-state index contributed by atoms with van der Waals surface area (Å²) in [6.45, 7) is 0. The Balaban J connectivity index is 2.42. The van der Waals surface area contributed by atoms with E-state index >= 15 is 0 Å². The molecule has 0 fully saturated rings. The van der Waals surface area contributed by atoms with Crippen LogP contribution >= 0.6 is 15.9 Å². The molecule has 15 heavy (non-hydrogen) atoms. The highest BCUT2D eigenvalue weighted by Crippen LogP contribution is 2.11. The van der Waals surface area contributed by atoms with Gasteiger partial charge in [0.1, 0.15) is 5.52 Å². The maximum absolute atomic E-state index is 11.4. The van der Waals surface area contributed by atoms with Crippen LogP contribution in [0.25, 0.3) is 11.0 Å². The lowest BCUT2D eigenvalue weighted by molar-refractivity contribution is 0.0584. The smallest absolute Gasteiger partial charge is 0.339 e. The molecule has 1 aromatic carbocycles. The number of aromatic nitrogens is 2. The highest BCUT2D eigenvalue weighted by molar-refractivity contribution is 9.09. The van der Waals surface area contributed by atoms with Gasteiger partial charge in [-0.2, -0.15) is 0 Å². The van der Waals surface area contributed by atoms with E-state index in [-0.39, 0.29) is 11.5 Å². The summed E-state index contributed by atoms with van der Waals surface area (Å²) in [6, 6.07) is 5.07. The second kappa shape index (κ2) is 4.35. The van der Waals surface area contributed by atoms with E-state index in [1.807, 2.05) is 0 Å². The zero-order valence-corrected chi connectivity index (χ0v) is 9.27. The molecule has 0 saturated heterocycles. The van der Waals surface area contributed by atoms with Crippen LogP contribution in [0.3, 0.4) is 0 Å². The van der Waals surface area contributed by atoms with Gasteiger partial charge in [0.2, 0.25) is 0 Å². The van der Waals surface area contributed by atoms with Gasteiger partial charge in [0, 0.05) is 12.4 Å². The summed E-state index contributed by atoms with van der Waals surface area (Å²) in [4.78, 5) is 19.6. The molecule has 0 radical (unpaired) electrons. The van der Waals surface area contributed by atoms with Gasteiger partial charge in [0.15, 0.2) is 0 Å². The first-order chi connectivity index (χ1) is 7.31. The van der Waals surface area contributed by atoms with Crippen molar-refractivity contribution in [1.29, 1.82) is 0 Å². The molecule has 0 aliphatic rings. The lowest BCUT2D eigenvalue weighted by atomic mass is 10.2. The zero-order valence-electron chi connectivity index (χ0n) is 7.68. The zero-order chi connectivity index (χ0) is 10.7. The van der Waals surface area contributed by atoms with Gasteiger partial charge >= 0.3 is 5.97 Å². The van der Waals surface area contributed by atoms with Crippen molar-refractivity contribution < 1.29 is 9.53 Å². The molecule has 0 atom stereocenters. The summed E-state index contributed by atoms with van der Waals surface area (Å²) in [6.07, 6.45) is 3.20. The normalized spacial score (nSPS) is 10.2. The average molecular weight is 267 g/mol. The van der Waals surface area contributed by atoms with Gasteiger partial charge < -0.3 is 4.74 Å². The summed E-state index contributed by atoms with van der Waals surface area (Å²) in [5.74, 6) is -0.376. The quantitative estimate of drug-likeness (QED) is 0.618. The fraction of sp³-hybridized carbons (Fsp3) is 0.100. The van der Waals surface area contributed by atoms with Crippen molar-refractivity contribution in [1.82, 2.24) is 9.97 Å². The number of carbonyl (C=O) groups excluding carboxylic acids is 1. The highest BCUT2D eigenvalue weighted by Gasteiger charge is 2.07. The summed E-state index contributed by atoms with van der Waals surface area (Å²) < 4.78 is 4.81.